The molecule has 0 aliphatic carbocycles. The zero-order valence-electron chi connectivity index (χ0n) is 12.7. The number of β-amino-alcohol motifs (C(OH)–C–C–N with tert-alkyl or cyclic N) is 1. The summed E-state index contributed by atoms with van der Waals surface area (Å²) >= 11 is 0. The lowest BCUT2D eigenvalue weighted by Crippen LogP contribution is -2.36. The number of carbonyl (C=O) groups excluding carboxylic acids is 1. The molecule has 0 aromatic heterocycles. The Morgan fingerprint density at radius 1 is 1.33 bits per heavy atom. The average molecular weight is 375 g/mol. The summed E-state index contributed by atoms with van der Waals surface area (Å²) in [5.74, 6) is -0.157. The predicted molar refractivity (Wildman–Crippen MR) is 90.8 cm³/mol. The van der Waals surface area contributed by atoms with Gasteiger partial charge in [0.1, 0.15) is 12.4 Å². The fourth-order valence-electron chi connectivity index (χ4n) is 2.63. The number of carbonyl (C=O) groups is 1. The van der Waals surface area contributed by atoms with Crippen LogP contribution in [0.3, 0.4) is 0 Å². The first kappa shape index (κ1) is 18.7. The number of aliphatic imine (C=N–C) groups is 1. The van der Waals surface area contributed by atoms with Crippen LogP contribution in [0.25, 0.3) is 0 Å². The maximum Gasteiger partial charge on any atom is 0.263 e. The Balaban J connectivity index is 0.00000208. The van der Waals surface area contributed by atoms with Crippen LogP contribution in [0.2, 0.25) is 0 Å². The van der Waals surface area contributed by atoms with Crippen molar-refractivity contribution in [3.05, 3.63) is 29.8 Å². The van der Waals surface area contributed by atoms with E-state index in [2.05, 4.69) is 20.3 Å². The molecule has 8 nitrogen and oxygen atoms in total. The van der Waals surface area contributed by atoms with Gasteiger partial charge in [0, 0.05) is 31.1 Å². The third kappa shape index (κ3) is 3.86. The molecule has 3 rings (SSSR count). The first-order valence-corrected chi connectivity index (χ1v) is 8.78. The van der Waals surface area contributed by atoms with E-state index in [1.165, 1.54) is 6.07 Å². The molecule has 0 saturated carbocycles. The van der Waals surface area contributed by atoms with Gasteiger partial charge in [-0.25, -0.2) is 8.42 Å². The summed E-state index contributed by atoms with van der Waals surface area (Å²) in [6.07, 6.45) is -0.463. The number of hydrogen-bond acceptors (Lipinski definition) is 6. The van der Waals surface area contributed by atoms with Crippen molar-refractivity contribution in [2.24, 2.45) is 10.9 Å². The summed E-state index contributed by atoms with van der Waals surface area (Å²) in [5, 5.41) is 15.4. The molecule has 1 amide bonds. The predicted octanol–water partition coefficient (Wildman–Crippen LogP) is -1.16. The third-order valence-electron chi connectivity index (χ3n) is 3.91. The monoisotopic (exact) mass is 374 g/mol. The number of amidine groups is 1. The quantitative estimate of drug-likeness (QED) is 0.530. The fourth-order valence-corrected chi connectivity index (χ4v) is 3.88. The zero-order chi connectivity index (χ0) is 16.4. The van der Waals surface area contributed by atoms with Crippen LogP contribution in [-0.4, -0.2) is 57.6 Å². The molecule has 132 valence electrons. The molecule has 1 saturated heterocycles. The van der Waals surface area contributed by atoms with Crippen LogP contribution in [0.1, 0.15) is 5.56 Å². The molecule has 0 bridgehead atoms. The Kier molecular flexibility index (Phi) is 5.81. The fraction of sp³-hybridized carbons (Fsp3) is 0.429. The summed E-state index contributed by atoms with van der Waals surface area (Å²) < 4.78 is 26.2. The van der Waals surface area contributed by atoms with Gasteiger partial charge in [0.2, 0.25) is 5.91 Å². The minimum Gasteiger partial charge on any atom is -0.391 e. The number of amides is 1. The molecule has 0 radical (unpaired) electrons. The minimum atomic E-state index is -3.59. The highest BCUT2D eigenvalue weighted by Gasteiger charge is 2.30. The molecule has 2 unspecified atom stereocenters. The van der Waals surface area contributed by atoms with Gasteiger partial charge in [-0.15, -0.1) is 12.4 Å². The zero-order valence-corrected chi connectivity index (χ0v) is 14.4. The van der Waals surface area contributed by atoms with Crippen LogP contribution in [-0.2, 0) is 14.8 Å². The van der Waals surface area contributed by atoms with Gasteiger partial charge in [0.05, 0.1) is 11.0 Å². The number of sulfonamides is 1. The molecule has 1 fully saturated rings. The molecular formula is C14H19ClN4O4S. The van der Waals surface area contributed by atoms with E-state index < -0.39 is 16.1 Å². The van der Waals surface area contributed by atoms with E-state index >= 15 is 0 Å². The highest BCUT2D eigenvalue weighted by Crippen LogP contribution is 2.21. The molecule has 2 atom stereocenters. The second kappa shape index (κ2) is 7.47. The van der Waals surface area contributed by atoms with Crippen molar-refractivity contribution in [3.63, 3.8) is 0 Å². The van der Waals surface area contributed by atoms with Gasteiger partial charge in [0.15, 0.2) is 0 Å². The van der Waals surface area contributed by atoms with Gasteiger partial charge in [-0.05, 0) is 12.1 Å². The van der Waals surface area contributed by atoms with Gasteiger partial charge in [-0.2, -0.15) is 0 Å². The maximum atomic E-state index is 11.9. The van der Waals surface area contributed by atoms with E-state index in [0.717, 1.165) is 0 Å². The van der Waals surface area contributed by atoms with E-state index in [1.807, 2.05) is 0 Å². The number of fused-ring (bicyclic) bond motifs is 1. The van der Waals surface area contributed by atoms with Gasteiger partial charge in [-0.1, -0.05) is 12.1 Å². The number of aliphatic hydroxyl groups excluding tert-OH is 1. The Bertz CT molecular complexity index is 753. The van der Waals surface area contributed by atoms with Crippen LogP contribution < -0.4 is 15.4 Å². The van der Waals surface area contributed by atoms with E-state index in [4.69, 9.17) is 0 Å². The summed E-state index contributed by atoms with van der Waals surface area (Å²) in [4.78, 5) is 16.1. The summed E-state index contributed by atoms with van der Waals surface area (Å²) in [6.45, 7) is 1.37. The molecule has 1 aromatic rings. The largest absolute Gasteiger partial charge is 0.391 e. The Morgan fingerprint density at radius 3 is 2.79 bits per heavy atom. The van der Waals surface area contributed by atoms with E-state index in [9.17, 15) is 18.3 Å². The number of halogens is 1. The first-order chi connectivity index (χ1) is 11.0. The SMILES string of the molecule is Cl.O=C(CN=C1NS(=O)(=O)c2ccccc21)NCC1CNCC1O. The molecule has 2 aliphatic heterocycles. The molecule has 4 N–H and O–H groups in total. The summed E-state index contributed by atoms with van der Waals surface area (Å²) in [6, 6.07) is 6.49. The number of nitrogens with zero attached hydrogens (tertiary/aromatic N) is 1. The van der Waals surface area contributed by atoms with Crippen molar-refractivity contribution in [3.8, 4) is 0 Å². The Morgan fingerprint density at radius 2 is 2.08 bits per heavy atom. The lowest BCUT2D eigenvalue weighted by molar-refractivity contribution is -0.119. The van der Waals surface area contributed by atoms with Gasteiger partial charge < -0.3 is 15.7 Å². The van der Waals surface area contributed by atoms with Crippen molar-refractivity contribution >= 4 is 34.2 Å². The van der Waals surface area contributed by atoms with Crippen molar-refractivity contribution in [2.45, 2.75) is 11.0 Å². The van der Waals surface area contributed by atoms with Crippen LogP contribution in [0.5, 0.6) is 0 Å². The molecule has 24 heavy (non-hydrogen) atoms. The second-order valence-electron chi connectivity index (χ2n) is 5.56. The van der Waals surface area contributed by atoms with E-state index in [1.54, 1.807) is 18.2 Å². The third-order valence-corrected chi connectivity index (χ3v) is 5.31. The molecular weight excluding hydrogens is 356 g/mol. The highest BCUT2D eigenvalue weighted by molar-refractivity contribution is 7.90. The minimum absolute atomic E-state index is 0. The van der Waals surface area contributed by atoms with Crippen LogP contribution in [0.15, 0.2) is 34.2 Å². The molecule has 1 aromatic carbocycles. The number of nitrogens with one attached hydrogen (secondary N) is 3. The molecule has 2 heterocycles. The number of hydrogen-bond donors (Lipinski definition) is 4. The average Bonchev–Trinajstić information content (AvgIpc) is 3.05. The molecule has 10 heteroatoms. The summed E-state index contributed by atoms with van der Waals surface area (Å²) in [7, 11) is -3.59. The number of benzene rings is 1. The van der Waals surface area contributed by atoms with Gasteiger partial charge >= 0.3 is 0 Å². The van der Waals surface area contributed by atoms with E-state index in [0.29, 0.717) is 25.2 Å². The first-order valence-electron chi connectivity index (χ1n) is 7.29. The van der Waals surface area contributed by atoms with Crippen LogP contribution in [0.4, 0.5) is 0 Å². The van der Waals surface area contributed by atoms with Crippen molar-refractivity contribution in [1.29, 1.82) is 0 Å². The lowest BCUT2D eigenvalue weighted by atomic mass is 10.1. The number of aliphatic hydroxyl groups is 1. The highest BCUT2D eigenvalue weighted by atomic mass is 35.5. The Hall–Kier alpha value is -1.68. The lowest BCUT2D eigenvalue weighted by Gasteiger charge is -2.13. The topological polar surface area (TPSA) is 120 Å². The molecule has 0 spiro atoms. The smallest absolute Gasteiger partial charge is 0.263 e. The normalized spacial score (nSPS) is 25.6. The standard InChI is InChI=1S/C14H18N4O4S.ClH/c19-11-7-15-5-9(11)6-16-13(20)8-17-14-10-3-1-2-4-12(10)23(21,22)18-14;/h1-4,9,11,15,19H,5-8H2,(H,16,20)(H,17,18);1H. The van der Waals surface area contributed by atoms with Crippen LogP contribution in [0, 0.1) is 5.92 Å². The maximum absolute atomic E-state index is 11.9. The van der Waals surface area contributed by atoms with Crippen molar-refractivity contribution in [1.82, 2.24) is 15.4 Å². The van der Waals surface area contributed by atoms with E-state index in [-0.39, 0.29) is 41.5 Å². The number of rotatable bonds is 4. The summed E-state index contributed by atoms with van der Waals surface area (Å²) in [5.41, 5.74) is 0.468. The van der Waals surface area contributed by atoms with Gasteiger partial charge in [0.25, 0.3) is 10.0 Å². The molecule has 2 aliphatic rings. The van der Waals surface area contributed by atoms with Crippen molar-refractivity contribution in [2.75, 3.05) is 26.2 Å². The van der Waals surface area contributed by atoms with Gasteiger partial charge in [-0.3, -0.25) is 14.5 Å². The van der Waals surface area contributed by atoms with Crippen molar-refractivity contribution < 1.29 is 18.3 Å². The van der Waals surface area contributed by atoms with Crippen LogP contribution >= 0.6 is 12.4 Å². The second-order valence-corrected chi connectivity index (χ2v) is 7.21. The Labute approximate surface area is 146 Å².